The number of nitrogens with one attached hydrogen (secondary N) is 1. The van der Waals surface area contributed by atoms with Crippen LogP contribution in [-0.2, 0) is 18.3 Å². The number of amides is 1. The number of benzene rings is 1. The van der Waals surface area contributed by atoms with Gasteiger partial charge in [-0.3, -0.25) is 9.48 Å². The molecule has 4 N–H and O–H groups in total. The number of phenols is 1. The molecule has 0 bridgehead atoms. The Bertz CT molecular complexity index is 562. The van der Waals surface area contributed by atoms with Crippen molar-refractivity contribution in [2.75, 3.05) is 5.32 Å². The van der Waals surface area contributed by atoms with Crippen LogP contribution in [0.1, 0.15) is 5.56 Å². The molecule has 1 amide bonds. The van der Waals surface area contributed by atoms with Crippen molar-refractivity contribution in [1.29, 1.82) is 0 Å². The number of phenolic OH excluding ortho intramolecular Hbond substituents is 1. The first-order chi connectivity index (χ1) is 9.06. The van der Waals surface area contributed by atoms with Gasteiger partial charge in [0.25, 0.3) is 0 Å². The predicted molar refractivity (Wildman–Crippen MR) is 71.6 cm³/mol. The quantitative estimate of drug-likeness (QED) is 0.751. The van der Waals surface area contributed by atoms with Crippen molar-refractivity contribution in [3.8, 4) is 5.75 Å². The molecule has 0 saturated carbocycles. The van der Waals surface area contributed by atoms with Crippen LogP contribution < -0.4 is 11.1 Å². The van der Waals surface area contributed by atoms with Gasteiger partial charge in [0.15, 0.2) is 0 Å². The maximum absolute atomic E-state index is 11.9. The van der Waals surface area contributed by atoms with Crippen LogP contribution in [0.2, 0.25) is 0 Å². The van der Waals surface area contributed by atoms with Crippen LogP contribution >= 0.6 is 0 Å². The fourth-order valence-corrected chi connectivity index (χ4v) is 1.69. The van der Waals surface area contributed by atoms with Crippen molar-refractivity contribution in [2.24, 2.45) is 12.8 Å². The second-order valence-electron chi connectivity index (χ2n) is 4.31. The van der Waals surface area contributed by atoms with Gasteiger partial charge in [-0.2, -0.15) is 5.10 Å². The van der Waals surface area contributed by atoms with E-state index in [1.165, 1.54) is 0 Å². The maximum atomic E-state index is 11.9. The van der Waals surface area contributed by atoms with Gasteiger partial charge in [-0.25, -0.2) is 0 Å². The summed E-state index contributed by atoms with van der Waals surface area (Å²) in [5.41, 5.74) is 6.74. The Balaban J connectivity index is 1.96. The van der Waals surface area contributed by atoms with Gasteiger partial charge >= 0.3 is 0 Å². The average Bonchev–Trinajstić information content (AvgIpc) is 2.78. The first kappa shape index (κ1) is 13.1. The SMILES string of the molecule is Cn1nccc1NC(=O)C(N)Cc1ccc(O)cc1. The Labute approximate surface area is 110 Å². The molecular weight excluding hydrogens is 244 g/mol. The molecule has 1 atom stereocenters. The Hall–Kier alpha value is -2.34. The fourth-order valence-electron chi connectivity index (χ4n) is 1.69. The zero-order valence-corrected chi connectivity index (χ0v) is 10.6. The standard InChI is InChI=1S/C13H16N4O2/c1-17-12(6-7-15-17)16-13(19)11(14)8-9-2-4-10(18)5-3-9/h2-7,11,18H,8,14H2,1H3,(H,16,19). The molecular formula is C13H16N4O2. The van der Waals surface area contributed by atoms with Crippen LogP contribution in [-0.4, -0.2) is 26.8 Å². The van der Waals surface area contributed by atoms with E-state index >= 15 is 0 Å². The predicted octanol–water partition coefficient (Wildman–Crippen LogP) is 0.634. The molecule has 0 radical (unpaired) electrons. The minimum absolute atomic E-state index is 0.191. The summed E-state index contributed by atoms with van der Waals surface area (Å²) >= 11 is 0. The molecule has 1 aromatic carbocycles. The molecule has 19 heavy (non-hydrogen) atoms. The van der Waals surface area contributed by atoms with Crippen LogP contribution in [0.5, 0.6) is 5.75 Å². The number of hydrogen-bond acceptors (Lipinski definition) is 4. The van der Waals surface area contributed by atoms with E-state index in [1.807, 2.05) is 0 Å². The van der Waals surface area contributed by atoms with E-state index in [0.29, 0.717) is 12.2 Å². The molecule has 1 heterocycles. The topological polar surface area (TPSA) is 93.2 Å². The molecule has 6 heteroatoms. The minimum Gasteiger partial charge on any atom is -0.508 e. The normalized spacial score (nSPS) is 12.1. The van der Waals surface area contributed by atoms with Gasteiger partial charge in [-0.05, 0) is 24.1 Å². The number of anilines is 1. The number of aromatic nitrogens is 2. The highest BCUT2D eigenvalue weighted by atomic mass is 16.3. The molecule has 2 rings (SSSR count). The van der Waals surface area contributed by atoms with Crippen molar-refractivity contribution in [2.45, 2.75) is 12.5 Å². The van der Waals surface area contributed by atoms with Crippen LogP contribution in [0.3, 0.4) is 0 Å². The monoisotopic (exact) mass is 260 g/mol. The second kappa shape index (κ2) is 5.53. The Kier molecular flexibility index (Phi) is 3.82. The molecule has 0 fully saturated rings. The van der Waals surface area contributed by atoms with Crippen molar-refractivity contribution in [1.82, 2.24) is 9.78 Å². The highest BCUT2D eigenvalue weighted by Crippen LogP contribution is 2.11. The third-order valence-corrected chi connectivity index (χ3v) is 2.80. The molecule has 0 spiro atoms. The first-order valence-corrected chi connectivity index (χ1v) is 5.88. The van der Waals surface area contributed by atoms with Gasteiger partial charge in [0.2, 0.25) is 5.91 Å². The van der Waals surface area contributed by atoms with E-state index in [0.717, 1.165) is 5.56 Å². The van der Waals surface area contributed by atoms with E-state index in [1.54, 1.807) is 48.3 Å². The van der Waals surface area contributed by atoms with Crippen LogP contribution in [0.25, 0.3) is 0 Å². The molecule has 2 aromatic rings. The molecule has 100 valence electrons. The highest BCUT2D eigenvalue weighted by Gasteiger charge is 2.15. The number of rotatable bonds is 4. The first-order valence-electron chi connectivity index (χ1n) is 5.88. The summed E-state index contributed by atoms with van der Waals surface area (Å²) in [6.45, 7) is 0. The molecule has 0 saturated heterocycles. The third kappa shape index (κ3) is 3.32. The second-order valence-corrected chi connectivity index (χ2v) is 4.31. The minimum atomic E-state index is -0.653. The lowest BCUT2D eigenvalue weighted by molar-refractivity contribution is -0.117. The molecule has 0 aliphatic rings. The lowest BCUT2D eigenvalue weighted by Gasteiger charge is -2.12. The number of aryl methyl sites for hydroxylation is 1. The summed E-state index contributed by atoms with van der Waals surface area (Å²) in [6, 6.07) is 7.67. The lowest BCUT2D eigenvalue weighted by atomic mass is 10.1. The van der Waals surface area contributed by atoms with Crippen LogP contribution in [0, 0.1) is 0 Å². The van der Waals surface area contributed by atoms with Crippen LogP contribution in [0.15, 0.2) is 36.5 Å². The number of aromatic hydroxyl groups is 1. The summed E-state index contributed by atoms with van der Waals surface area (Å²) in [7, 11) is 1.74. The molecule has 1 unspecified atom stereocenters. The number of carbonyl (C=O) groups is 1. The van der Waals surface area contributed by atoms with Gasteiger partial charge < -0.3 is 16.2 Å². The number of hydrogen-bond donors (Lipinski definition) is 3. The lowest BCUT2D eigenvalue weighted by Crippen LogP contribution is -2.37. The van der Waals surface area contributed by atoms with Crippen molar-refractivity contribution < 1.29 is 9.90 Å². The van der Waals surface area contributed by atoms with Gasteiger partial charge in [0.05, 0.1) is 12.2 Å². The smallest absolute Gasteiger partial charge is 0.242 e. The van der Waals surface area contributed by atoms with Gasteiger partial charge in [0, 0.05) is 13.1 Å². The number of carbonyl (C=O) groups excluding carboxylic acids is 1. The zero-order chi connectivity index (χ0) is 13.8. The number of nitrogens with zero attached hydrogens (tertiary/aromatic N) is 2. The summed E-state index contributed by atoms with van der Waals surface area (Å²) in [4.78, 5) is 11.9. The van der Waals surface area contributed by atoms with Gasteiger partial charge in [0.1, 0.15) is 11.6 Å². The van der Waals surface area contributed by atoms with Crippen LogP contribution in [0.4, 0.5) is 5.82 Å². The van der Waals surface area contributed by atoms with Gasteiger partial charge in [-0.15, -0.1) is 0 Å². The summed E-state index contributed by atoms with van der Waals surface area (Å²) in [6.07, 6.45) is 2.01. The summed E-state index contributed by atoms with van der Waals surface area (Å²) in [5.74, 6) is 0.527. The van der Waals surface area contributed by atoms with Gasteiger partial charge in [-0.1, -0.05) is 12.1 Å². The van der Waals surface area contributed by atoms with Crippen molar-refractivity contribution in [3.63, 3.8) is 0 Å². The van der Waals surface area contributed by atoms with E-state index in [9.17, 15) is 9.90 Å². The Morgan fingerprint density at radius 2 is 2.11 bits per heavy atom. The van der Waals surface area contributed by atoms with E-state index in [4.69, 9.17) is 5.73 Å². The fraction of sp³-hybridized carbons (Fsp3) is 0.231. The van der Waals surface area contributed by atoms with E-state index in [-0.39, 0.29) is 11.7 Å². The molecule has 1 aromatic heterocycles. The number of nitrogens with two attached hydrogens (primary N) is 1. The Morgan fingerprint density at radius 1 is 1.42 bits per heavy atom. The molecule has 6 nitrogen and oxygen atoms in total. The molecule has 0 aliphatic heterocycles. The van der Waals surface area contributed by atoms with Crippen molar-refractivity contribution >= 4 is 11.7 Å². The third-order valence-electron chi connectivity index (χ3n) is 2.80. The average molecular weight is 260 g/mol. The molecule has 0 aliphatic carbocycles. The largest absolute Gasteiger partial charge is 0.508 e. The highest BCUT2D eigenvalue weighted by molar-refractivity contribution is 5.94. The van der Waals surface area contributed by atoms with E-state index in [2.05, 4.69) is 10.4 Å². The zero-order valence-electron chi connectivity index (χ0n) is 10.6. The summed E-state index contributed by atoms with van der Waals surface area (Å²) < 4.78 is 1.56. The van der Waals surface area contributed by atoms with Crippen molar-refractivity contribution in [3.05, 3.63) is 42.1 Å². The van der Waals surface area contributed by atoms with E-state index < -0.39 is 6.04 Å². The summed E-state index contributed by atoms with van der Waals surface area (Å²) in [5, 5.41) is 15.8. The Morgan fingerprint density at radius 3 is 2.68 bits per heavy atom. The maximum Gasteiger partial charge on any atom is 0.242 e.